The highest BCUT2D eigenvalue weighted by atomic mass is 35.5. The summed E-state index contributed by atoms with van der Waals surface area (Å²) >= 11 is 12.5. The summed E-state index contributed by atoms with van der Waals surface area (Å²) in [6, 6.07) is 20.6. The Morgan fingerprint density at radius 1 is 1.10 bits per heavy atom. The van der Waals surface area contributed by atoms with Crippen molar-refractivity contribution in [3.63, 3.8) is 0 Å². The Morgan fingerprint density at radius 3 is 2.49 bits per heavy atom. The second-order valence-electron chi connectivity index (χ2n) is 8.25. The molecule has 4 rings (SSSR count). The monoisotopic (exact) mass is 582 g/mol. The number of thiocarbonyl (C=S) groups is 1. The summed E-state index contributed by atoms with van der Waals surface area (Å²) in [6.45, 7) is 1.98. The van der Waals surface area contributed by atoms with E-state index in [-0.39, 0.29) is 22.3 Å². The van der Waals surface area contributed by atoms with E-state index in [1.165, 1.54) is 0 Å². The molecule has 0 spiro atoms. The fraction of sp³-hybridized carbons (Fsp3) is 0.143. The number of rotatable bonds is 10. The van der Waals surface area contributed by atoms with Gasteiger partial charge in [0.15, 0.2) is 10.4 Å². The number of ether oxygens (including phenoxy) is 2. The highest BCUT2D eigenvalue weighted by Gasteiger charge is 2.34. The molecule has 200 valence electrons. The number of thioether (sulfide) groups is 1. The first-order valence-electron chi connectivity index (χ1n) is 11.8. The van der Waals surface area contributed by atoms with Gasteiger partial charge in [0.1, 0.15) is 18.1 Å². The van der Waals surface area contributed by atoms with E-state index < -0.39 is 23.9 Å². The Labute approximate surface area is 239 Å². The van der Waals surface area contributed by atoms with Gasteiger partial charge in [0.2, 0.25) is 0 Å². The third kappa shape index (κ3) is 6.97. The van der Waals surface area contributed by atoms with E-state index in [0.29, 0.717) is 27.6 Å². The molecule has 2 amide bonds. The van der Waals surface area contributed by atoms with Gasteiger partial charge in [-0.3, -0.25) is 15.0 Å². The van der Waals surface area contributed by atoms with E-state index >= 15 is 0 Å². The van der Waals surface area contributed by atoms with Crippen molar-refractivity contribution in [1.82, 2.24) is 10.4 Å². The normalized spacial score (nSPS) is 14.8. The lowest BCUT2D eigenvalue weighted by molar-refractivity contribution is -0.145. The van der Waals surface area contributed by atoms with Crippen LogP contribution < -0.4 is 14.9 Å². The van der Waals surface area contributed by atoms with Crippen LogP contribution in [0.4, 0.5) is 0 Å². The maximum absolute atomic E-state index is 13.1. The van der Waals surface area contributed by atoms with Crippen LogP contribution in [0.3, 0.4) is 0 Å². The van der Waals surface area contributed by atoms with Crippen molar-refractivity contribution >= 4 is 63.8 Å². The van der Waals surface area contributed by atoms with Crippen LogP contribution in [-0.4, -0.2) is 38.3 Å². The minimum absolute atomic E-state index is 0.148. The van der Waals surface area contributed by atoms with E-state index in [4.69, 9.17) is 33.3 Å². The number of halogens is 1. The maximum atomic E-state index is 13.1. The van der Waals surface area contributed by atoms with Crippen LogP contribution in [0, 0.1) is 0 Å². The highest BCUT2D eigenvalue weighted by molar-refractivity contribution is 8.26. The van der Waals surface area contributed by atoms with Crippen molar-refractivity contribution in [1.29, 1.82) is 0 Å². The minimum atomic E-state index is -1.08. The first kappa shape index (κ1) is 28.2. The van der Waals surface area contributed by atoms with Crippen LogP contribution in [0.25, 0.3) is 6.08 Å². The standard InChI is InChI=1S/C28H23ClN2O6S2/c1-2-22(27(34)35)37-23-10-6-4-7-18(23)15-24-26(33)31(28(38)39-24)30-25(32)17-11-13-20(14-12-17)36-16-19-8-3-5-9-21(19)29/h3-15,22H,2,16H2,1H3,(H,30,32)(H,34,35)/b24-15+. The number of nitrogens with one attached hydrogen (secondary N) is 1. The average Bonchev–Trinajstić information content (AvgIpc) is 3.19. The summed E-state index contributed by atoms with van der Waals surface area (Å²) in [7, 11) is 0. The number of para-hydroxylation sites is 1. The molecule has 1 saturated heterocycles. The Bertz CT molecular complexity index is 1440. The topological polar surface area (TPSA) is 105 Å². The summed E-state index contributed by atoms with van der Waals surface area (Å²) in [6.07, 6.45) is 0.800. The number of hydrogen-bond donors (Lipinski definition) is 2. The van der Waals surface area contributed by atoms with Crippen molar-refractivity contribution in [2.75, 3.05) is 0 Å². The Balaban J connectivity index is 1.41. The molecule has 0 aromatic heterocycles. The summed E-state index contributed by atoms with van der Waals surface area (Å²) in [4.78, 5) is 37.5. The van der Waals surface area contributed by atoms with Crippen LogP contribution in [-0.2, 0) is 16.2 Å². The lowest BCUT2D eigenvalue weighted by atomic mass is 10.1. The van der Waals surface area contributed by atoms with Gasteiger partial charge in [-0.15, -0.1) is 0 Å². The number of hydrazine groups is 1. The molecule has 1 atom stereocenters. The van der Waals surface area contributed by atoms with Gasteiger partial charge in [-0.2, -0.15) is 5.01 Å². The quantitative estimate of drug-likeness (QED) is 0.231. The molecule has 0 bridgehead atoms. The van der Waals surface area contributed by atoms with Crippen LogP contribution in [0.1, 0.15) is 34.8 Å². The van der Waals surface area contributed by atoms with Gasteiger partial charge in [-0.25, -0.2) is 4.79 Å². The molecule has 39 heavy (non-hydrogen) atoms. The molecule has 0 aliphatic carbocycles. The number of carboxylic acids is 1. The number of carbonyl (C=O) groups excluding carboxylic acids is 2. The molecule has 0 radical (unpaired) electrons. The number of aliphatic carboxylic acids is 1. The lowest BCUT2D eigenvalue weighted by Gasteiger charge is -2.16. The molecule has 8 nitrogen and oxygen atoms in total. The zero-order valence-electron chi connectivity index (χ0n) is 20.6. The molecule has 1 fully saturated rings. The van der Waals surface area contributed by atoms with Crippen molar-refractivity contribution < 1.29 is 29.0 Å². The molecule has 0 saturated carbocycles. The van der Waals surface area contributed by atoms with E-state index in [2.05, 4.69) is 5.43 Å². The fourth-order valence-electron chi connectivity index (χ4n) is 3.52. The maximum Gasteiger partial charge on any atom is 0.344 e. The zero-order chi connectivity index (χ0) is 27.9. The van der Waals surface area contributed by atoms with Gasteiger partial charge in [0.05, 0.1) is 4.91 Å². The molecular weight excluding hydrogens is 560 g/mol. The van der Waals surface area contributed by atoms with E-state index in [9.17, 15) is 19.5 Å². The minimum Gasteiger partial charge on any atom is -0.489 e. The predicted molar refractivity (Wildman–Crippen MR) is 153 cm³/mol. The molecule has 1 unspecified atom stereocenters. The molecule has 1 aliphatic heterocycles. The SMILES string of the molecule is CCC(Oc1ccccc1/C=C1/SC(=S)N(NC(=O)c2ccc(OCc3ccccc3Cl)cc2)C1=O)C(=O)O. The number of hydrogen-bond acceptors (Lipinski definition) is 7. The van der Waals surface area contributed by atoms with Crippen LogP contribution >= 0.6 is 35.6 Å². The van der Waals surface area contributed by atoms with E-state index in [1.54, 1.807) is 67.6 Å². The summed E-state index contributed by atoms with van der Waals surface area (Å²) < 4.78 is 11.5. The summed E-state index contributed by atoms with van der Waals surface area (Å²) in [5.74, 6) is -1.26. The molecule has 1 aliphatic rings. The van der Waals surface area contributed by atoms with Crippen LogP contribution in [0.5, 0.6) is 11.5 Å². The zero-order valence-corrected chi connectivity index (χ0v) is 23.0. The Morgan fingerprint density at radius 2 is 1.79 bits per heavy atom. The van der Waals surface area contributed by atoms with Crippen molar-refractivity contribution in [2.45, 2.75) is 26.1 Å². The first-order chi connectivity index (χ1) is 18.8. The molecule has 2 N–H and O–H groups in total. The third-order valence-corrected chi connectivity index (χ3v) is 7.27. The number of carboxylic acid groups (broad SMARTS) is 1. The predicted octanol–water partition coefficient (Wildman–Crippen LogP) is 5.71. The molecular formula is C28H23ClN2O6S2. The molecule has 11 heteroatoms. The van der Waals surface area contributed by atoms with Gasteiger partial charge in [0.25, 0.3) is 11.8 Å². The first-order valence-corrected chi connectivity index (χ1v) is 13.4. The number of benzene rings is 3. The summed E-state index contributed by atoms with van der Waals surface area (Å²) in [5, 5.41) is 10.9. The fourth-order valence-corrected chi connectivity index (χ4v) is 4.88. The number of amides is 2. The second-order valence-corrected chi connectivity index (χ2v) is 10.3. The molecule has 1 heterocycles. The molecule has 3 aromatic carbocycles. The number of nitrogens with zero attached hydrogens (tertiary/aromatic N) is 1. The van der Waals surface area contributed by atoms with Crippen molar-refractivity contribution in [3.05, 3.63) is 99.4 Å². The van der Waals surface area contributed by atoms with Gasteiger partial charge in [0, 0.05) is 21.7 Å². The van der Waals surface area contributed by atoms with Crippen molar-refractivity contribution in [2.24, 2.45) is 0 Å². The van der Waals surface area contributed by atoms with Gasteiger partial charge < -0.3 is 14.6 Å². The third-order valence-electron chi connectivity index (χ3n) is 5.60. The largest absolute Gasteiger partial charge is 0.489 e. The van der Waals surface area contributed by atoms with E-state index in [1.807, 2.05) is 18.2 Å². The van der Waals surface area contributed by atoms with Gasteiger partial charge >= 0.3 is 5.97 Å². The van der Waals surface area contributed by atoms with Gasteiger partial charge in [-0.05, 0) is 61.1 Å². The smallest absolute Gasteiger partial charge is 0.344 e. The van der Waals surface area contributed by atoms with Crippen LogP contribution in [0.2, 0.25) is 5.02 Å². The Hall–Kier alpha value is -3.86. The second kappa shape index (κ2) is 12.8. The number of carbonyl (C=O) groups is 3. The van der Waals surface area contributed by atoms with Gasteiger partial charge in [-0.1, -0.05) is 66.7 Å². The van der Waals surface area contributed by atoms with Crippen LogP contribution in [0.15, 0.2) is 77.7 Å². The Kier molecular flexibility index (Phi) is 9.23. The van der Waals surface area contributed by atoms with E-state index in [0.717, 1.165) is 22.3 Å². The molecule has 3 aromatic rings. The van der Waals surface area contributed by atoms with Crippen molar-refractivity contribution in [3.8, 4) is 11.5 Å². The average molecular weight is 583 g/mol. The summed E-state index contributed by atoms with van der Waals surface area (Å²) in [5.41, 5.74) is 4.19. The lowest BCUT2D eigenvalue weighted by Crippen LogP contribution is -2.44. The highest BCUT2D eigenvalue weighted by Crippen LogP contribution is 2.34.